The van der Waals surface area contributed by atoms with E-state index in [9.17, 15) is 14.4 Å². The third kappa shape index (κ3) is 4.22. The number of anilines is 1. The van der Waals surface area contributed by atoms with Crippen molar-refractivity contribution in [3.05, 3.63) is 100 Å². The normalized spacial score (nSPS) is 10.3. The summed E-state index contributed by atoms with van der Waals surface area (Å²) in [5.41, 5.74) is 0.833. The van der Waals surface area contributed by atoms with Crippen LogP contribution in [0.4, 0.5) is 5.69 Å². The SMILES string of the molecule is N#Cc1cccc(NC(=O)COC(=O)c2nn(-c3ccccc3)c(=O)c3ccccc23)c1. The van der Waals surface area contributed by atoms with Crippen LogP contribution in [0.3, 0.4) is 0 Å². The van der Waals surface area contributed by atoms with Crippen LogP contribution in [0.5, 0.6) is 0 Å². The van der Waals surface area contributed by atoms with E-state index in [2.05, 4.69) is 10.4 Å². The Balaban J connectivity index is 1.59. The molecular weight excluding hydrogens is 408 g/mol. The Labute approximate surface area is 182 Å². The van der Waals surface area contributed by atoms with Crippen molar-refractivity contribution >= 4 is 28.3 Å². The zero-order valence-corrected chi connectivity index (χ0v) is 16.7. The van der Waals surface area contributed by atoms with Crippen molar-refractivity contribution in [1.29, 1.82) is 5.26 Å². The molecule has 32 heavy (non-hydrogen) atoms. The number of nitrogens with zero attached hydrogens (tertiary/aromatic N) is 3. The highest BCUT2D eigenvalue weighted by Crippen LogP contribution is 2.16. The second-order valence-corrected chi connectivity index (χ2v) is 6.76. The molecular formula is C24H16N4O4. The van der Waals surface area contributed by atoms with Crippen molar-refractivity contribution in [3.63, 3.8) is 0 Å². The van der Waals surface area contributed by atoms with Crippen LogP contribution in [-0.2, 0) is 9.53 Å². The van der Waals surface area contributed by atoms with Gasteiger partial charge in [0.15, 0.2) is 12.3 Å². The molecule has 0 aliphatic rings. The van der Waals surface area contributed by atoms with Crippen LogP contribution >= 0.6 is 0 Å². The molecule has 0 unspecified atom stereocenters. The Morgan fingerprint density at radius 2 is 1.69 bits per heavy atom. The summed E-state index contributed by atoms with van der Waals surface area (Å²) in [7, 11) is 0. The summed E-state index contributed by atoms with van der Waals surface area (Å²) in [6, 6.07) is 23.6. The number of para-hydroxylation sites is 1. The molecule has 4 rings (SSSR count). The molecule has 156 valence electrons. The standard InChI is InChI=1S/C24H16N4O4/c25-14-16-7-6-8-17(13-16)26-21(29)15-32-24(31)22-19-11-4-5-12-20(19)23(30)28(27-22)18-9-2-1-3-10-18/h1-13H,15H2,(H,26,29). The van der Waals surface area contributed by atoms with Gasteiger partial charge in [0, 0.05) is 11.1 Å². The van der Waals surface area contributed by atoms with Crippen LogP contribution in [0.15, 0.2) is 83.7 Å². The predicted octanol–water partition coefficient (Wildman–Crippen LogP) is 3.05. The largest absolute Gasteiger partial charge is 0.451 e. The van der Waals surface area contributed by atoms with Crippen molar-refractivity contribution in [2.45, 2.75) is 0 Å². The Morgan fingerprint density at radius 3 is 2.44 bits per heavy atom. The minimum Gasteiger partial charge on any atom is -0.451 e. The van der Waals surface area contributed by atoms with E-state index in [0.29, 0.717) is 27.7 Å². The maximum Gasteiger partial charge on any atom is 0.359 e. The topological polar surface area (TPSA) is 114 Å². The smallest absolute Gasteiger partial charge is 0.359 e. The second-order valence-electron chi connectivity index (χ2n) is 6.76. The fourth-order valence-corrected chi connectivity index (χ4v) is 3.15. The van der Waals surface area contributed by atoms with Gasteiger partial charge in [-0.1, -0.05) is 42.5 Å². The van der Waals surface area contributed by atoms with E-state index in [1.807, 2.05) is 6.07 Å². The molecule has 1 heterocycles. The predicted molar refractivity (Wildman–Crippen MR) is 117 cm³/mol. The molecule has 0 spiro atoms. The van der Waals surface area contributed by atoms with Crippen LogP contribution < -0.4 is 10.9 Å². The average molecular weight is 424 g/mol. The summed E-state index contributed by atoms with van der Waals surface area (Å²) in [5, 5.41) is 16.4. The van der Waals surface area contributed by atoms with Crippen molar-refractivity contribution in [1.82, 2.24) is 9.78 Å². The van der Waals surface area contributed by atoms with Crippen molar-refractivity contribution in [2.75, 3.05) is 11.9 Å². The number of carbonyl (C=O) groups is 2. The number of benzene rings is 3. The molecule has 0 bridgehead atoms. The van der Waals surface area contributed by atoms with Gasteiger partial charge in [0.1, 0.15) is 0 Å². The number of aromatic nitrogens is 2. The second kappa shape index (κ2) is 8.93. The molecule has 0 saturated carbocycles. The Hall–Kier alpha value is -4.77. The highest BCUT2D eigenvalue weighted by atomic mass is 16.5. The molecule has 3 aromatic carbocycles. The fourth-order valence-electron chi connectivity index (χ4n) is 3.15. The summed E-state index contributed by atoms with van der Waals surface area (Å²) < 4.78 is 6.29. The highest BCUT2D eigenvalue weighted by molar-refractivity contribution is 6.03. The van der Waals surface area contributed by atoms with Gasteiger partial charge in [-0.05, 0) is 36.4 Å². The third-order valence-corrected chi connectivity index (χ3v) is 4.61. The first-order valence-electron chi connectivity index (χ1n) is 9.61. The third-order valence-electron chi connectivity index (χ3n) is 4.61. The lowest BCUT2D eigenvalue weighted by molar-refractivity contribution is -0.119. The number of esters is 1. The molecule has 0 radical (unpaired) electrons. The number of nitrogens with one attached hydrogen (secondary N) is 1. The van der Waals surface area contributed by atoms with Crippen LogP contribution in [-0.4, -0.2) is 28.3 Å². The number of ether oxygens (including phenoxy) is 1. The van der Waals surface area contributed by atoms with Crippen molar-refractivity contribution in [2.24, 2.45) is 0 Å². The summed E-state index contributed by atoms with van der Waals surface area (Å²) in [6.45, 7) is -0.559. The zero-order chi connectivity index (χ0) is 22.5. The number of hydrogen-bond donors (Lipinski definition) is 1. The number of nitriles is 1. The lowest BCUT2D eigenvalue weighted by atomic mass is 10.1. The Morgan fingerprint density at radius 1 is 0.969 bits per heavy atom. The molecule has 0 aliphatic heterocycles. The molecule has 1 amide bonds. The van der Waals surface area contributed by atoms with Crippen LogP contribution in [0.25, 0.3) is 16.5 Å². The quantitative estimate of drug-likeness (QED) is 0.493. The van der Waals surface area contributed by atoms with Crippen molar-refractivity contribution in [3.8, 4) is 11.8 Å². The average Bonchev–Trinajstić information content (AvgIpc) is 2.83. The molecule has 8 nitrogen and oxygen atoms in total. The Bertz CT molecular complexity index is 1420. The number of amides is 1. The summed E-state index contributed by atoms with van der Waals surface area (Å²) >= 11 is 0. The van der Waals surface area contributed by atoms with E-state index in [0.717, 1.165) is 4.68 Å². The molecule has 0 fully saturated rings. The molecule has 1 N–H and O–H groups in total. The first-order chi connectivity index (χ1) is 15.6. The van der Waals surface area contributed by atoms with Gasteiger partial charge < -0.3 is 10.1 Å². The van der Waals surface area contributed by atoms with Crippen LogP contribution in [0.1, 0.15) is 16.1 Å². The van der Waals surface area contributed by atoms with Crippen LogP contribution in [0.2, 0.25) is 0 Å². The van der Waals surface area contributed by atoms with Gasteiger partial charge in [-0.25, -0.2) is 4.79 Å². The van der Waals surface area contributed by atoms with Gasteiger partial charge in [-0.3, -0.25) is 9.59 Å². The van der Waals surface area contributed by atoms with Crippen LogP contribution in [0, 0.1) is 11.3 Å². The summed E-state index contributed by atoms with van der Waals surface area (Å²) in [6.07, 6.45) is 0. The minimum atomic E-state index is -0.841. The lowest BCUT2D eigenvalue weighted by Gasteiger charge is -2.11. The van der Waals surface area contributed by atoms with E-state index < -0.39 is 18.5 Å². The van der Waals surface area contributed by atoms with Gasteiger partial charge in [-0.2, -0.15) is 15.0 Å². The lowest BCUT2D eigenvalue weighted by Crippen LogP contribution is -2.26. The van der Waals surface area contributed by atoms with E-state index in [4.69, 9.17) is 10.00 Å². The summed E-state index contributed by atoms with van der Waals surface area (Å²) in [4.78, 5) is 37.9. The van der Waals surface area contributed by atoms with Crippen molar-refractivity contribution < 1.29 is 14.3 Å². The first kappa shape index (κ1) is 20.5. The zero-order valence-electron chi connectivity index (χ0n) is 16.7. The molecule has 1 aromatic heterocycles. The maximum absolute atomic E-state index is 12.9. The van der Waals surface area contributed by atoms with E-state index in [1.54, 1.807) is 72.8 Å². The number of hydrogen-bond acceptors (Lipinski definition) is 6. The molecule has 0 atom stereocenters. The molecule has 4 aromatic rings. The molecule has 8 heteroatoms. The number of rotatable bonds is 5. The minimum absolute atomic E-state index is 0.0802. The number of carbonyl (C=O) groups excluding carboxylic acids is 2. The summed E-state index contributed by atoms with van der Waals surface area (Å²) in [5.74, 6) is -1.42. The fraction of sp³-hybridized carbons (Fsp3) is 0.0417. The van der Waals surface area contributed by atoms with E-state index in [-0.39, 0.29) is 11.3 Å². The highest BCUT2D eigenvalue weighted by Gasteiger charge is 2.19. The van der Waals surface area contributed by atoms with Gasteiger partial charge in [0.2, 0.25) is 0 Å². The first-order valence-corrected chi connectivity index (χ1v) is 9.61. The monoisotopic (exact) mass is 424 g/mol. The van der Waals surface area contributed by atoms with E-state index in [1.165, 1.54) is 6.07 Å². The van der Waals surface area contributed by atoms with Gasteiger partial charge in [-0.15, -0.1) is 0 Å². The van der Waals surface area contributed by atoms with Gasteiger partial charge in [0.25, 0.3) is 11.5 Å². The van der Waals surface area contributed by atoms with E-state index >= 15 is 0 Å². The molecule has 0 aliphatic carbocycles. The Kier molecular flexibility index (Phi) is 5.72. The maximum atomic E-state index is 12.9. The molecule has 0 saturated heterocycles. The number of fused-ring (bicyclic) bond motifs is 1. The van der Waals surface area contributed by atoms with Gasteiger partial charge >= 0.3 is 5.97 Å². The van der Waals surface area contributed by atoms with Gasteiger partial charge in [0.05, 0.1) is 22.7 Å².